The molecule has 8 heteroatoms. The molecule has 0 aliphatic carbocycles. The zero-order chi connectivity index (χ0) is 18.6. The van der Waals surface area contributed by atoms with Gasteiger partial charge in [0, 0.05) is 4.88 Å². The van der Waals surface area contributed by atoms with Gasteiger partial charge in [0.25, 0.3) is 0 Å². The van der Waals surface area contributed by atoms with Gasteiger partial charge in [-0.15, -0.1) is 11.3 Å². The van der Waals surface area contributed by atoms with E-state index in [1.54, 1.807) is 13.8 Å². The fraction of sp³-hybridized carbons (Fsp3) is 0.353. The lowest BCUT2D eigenvalue weighted by Gasteiger charge is -2.23. The summed E-state index contributed by atoms with van der Waals surface area (Å²) in [6.07, 6.45) is 0. The molecule has 0 spiro atoms. The molecule has 136 valence electrons. The third kappa shape index (κ3) is 4.87. The van der Waals surface area contributed by atoms with E-state index in [0.717, 1.165) is 10.9 Å². The van der Waals surface area contributed by atoms with Crippen LogP contribution in [-0.2, 0) is 14.8 Å². The van der Waals surface area contributed by atoms with Crippen LogP contribution in [0.3, 0.4) is 0 Å². The van der Waals surface area contributed by atoms with Crippen molar-refractivity contribution < 1.29 is 17.6 Å². The molecule has 2 aromatic rings. The summed E-state index contributed by atoms with van der Waals surface area (Å²) in [6, 6.07) is 7.59. The second-order valence-electron chi connectivity index (χ2n) is 6.02. The summed E-state index contributed by atoms with van der Waals surface area (Å²) in [5.74, 6) is -1.61. The van der Waals surface area contributed by atoms with Crippen molar-refractivity contribution in [3.63, 3.8) is 0 Å². The topological polar surface area (TPSA) is 75.3 Å². The average molecular weight is 384 g/mol. The minimum atomic E-state index is -4.15. The molecule has 0 saturated heterocycles. The van der Waals surface area contributed by atoms with Gasteiger partial charge in [0.05, 0.1) is 6.04 Å². The summed E-state index contributed by atoms with van der Waals surface area (Å²) in [5.41, 5.74) is 0. The zero-order valence-electron chi connectivity index (χ0n) is 14.2. The van der Waals surface area contributed by atoms with Crippen LogP contribution < -0.4 is 10.0 Å². The molecular weight excluding hydrogens is 363 g/mol. The molecular formula is C17H21FN2O3S2. The number of amides is 1. The van der Waals surface area contributed by atoms with Crippen LogP contribution in [0.25, 0.3) is 0 Å². The second kappa shape index (κ2) is 8.07. The van der Waals surface area contributed by atoms with Gasteiger partial charge in [0.1, 0.15) is 16.8 Å². The van der Waals surface area contributed by atoms with Crippen LogP contribution >= 0.6 is 11.3 Å². The average Bonchev–Trinajstić information content (AvgIpc) is 3.07. The quantitative estimate of drug-likeness (QED) is 0.770. The zero-order valence-corrected chi connectivity index (χ0v) is 15.8. The highest BCUT2D eigenvalue weighted by molar-refractivity contribution is 7.89. The first-order valence-electron chi connectivity index (χ1n) is 7.83. The van der Waals surface area contributed by atoms with Crippen LogP contribution in [0.5, 0.6) is 0 Å². The molecule has 25 heavy (non-hydrogen) atoms. The highest BCUT2D eigenvalue weighted by Crippen LogP contribution is 2.19. The number of halogens is 1. The van der Waals surface area contributed by atoms with Crippen molar-refractivity contribution in [2.45, 2.75) is 37.8 Å². The van der Waals surface area contributed by atoms with Gasteiger partial charge in [-0.05, 0) is 36.4 Å². The first-order valence-corrected chi connectivity index (χ1v) is 10.2. The third-order valence-corrected chi connectivity index (χ3v) is 6.22. The maximum Gasteiger partial charge on any atom is 0.244 e. The van der Waals surface area contributed by atoms with Crippen LogP contribution in [0.2, 0.25) is 0 Å². The number of nitrogens with one attached hydrogen (secondary N) is 2. The number of benzene rings is 1. The predicted octanol–water partition coefficient (Wildman–Crippen LogP) is 3.07. The Hall–Kier alpha value is -1.77. The summed E-state index contributed by atoms with van der Waals surface area (Å²) < 4.78 is 41.1. The Morgan fingerprint density at radius 3 is 2.36 bits per heavy atom. The molecule has 1 unspecified atom stereocenters. The van der Waals surface area contributed by atoms with Crippen molar-refractivity contribution in [2.24, 2.45) is 5.92 Å². The van der Waals surface area contributed by atoms with Crippen molar-refractivity contribution in [1.29, 1.82) is 0 Å². The van der Waals surface area contributed by atoms with E-state index < -0.39 is 32.7 Å². The standard InChI is InChI=1S/C17H21FN2O3S2/c1-11(2)16(17(21)19-12(3)14-8-6-10-24-14)20-25(22,23)15-9-5-4-7-13(15)18/h4-12,16,20H,1-3H3,(H,19,21)/t12?,16-/m0/s1. The Morgan fingerprint density at radius 1 is 1.12 bits per heavy atom. The molecule has 0 fully saturated rings. The number of hydrogen-bond donors (Lipinski definition) is 2. The Balaban J connectivity index is 2.18. The van der Waals surface area contributed by atoms with E-state index in [9.17, 15) is 17.6 Å². The van der Waals surface area contributed by atoms with Gasteiger partial charge in [-0.25, -0.2) is 12.8 Å². The smallest absolute Gasteiger partial charge is 0.244 e. The largest absolute Gasteiger partial charge is 0.347 e. The van der Waals surface area contributed by atoms with Gasteiger partial charge < -0.3 is 5.32 Å². The second-order valence-corrected chi connectivity index (χ2v) is 8.68. The van der Waals surface area contributed by atoms with E-state index >= 15 is 0 Å². The third-order valence-electron chi connectivity index (χ3n) is 3.69. The maximum atomic E-state index is 13.8. The first kappa shape index (κ1) is 19.6. The van der Waals surface area contributed by atoms with Crippen LogP contribution in [0.15, 0.2) is 46.7 Å². The number of carbonyl (C=O) groups excluding carboxylic acids is 1. The number of carbonyl (C=O) groups is 1. The highest BCUT2D eigenvalue weighted by atomic mass is 32.2. The monoisotopic (exact) mass is 384 g/mol. The first-order chi connectivity index (χ1) is 11.7. The lowest BCUT2D eigenvalue weighted by molar-refractivity contribution is -0.124. The van der Waals surface area contributed by atoms with Crippen LogP contribution in [-0.4, -0.2) is 20.4 Å². The van der Waals surface area contributed by atoms with Crippen molar-refractivity contribution in [3.05, 3.63) is 52.5 Å². The minimum absolute atomic E-state index is 0.244. The molecule has 1 heterocycles. The number of sulfonamides is 1. The van der Waals surface area contributed by atoms with E-state index in [2.05, 4.69) is 10.0 Å². The predicted molar refractivity (Wildman–Crippen MR) is 96.2 cm³/mol. The van der Waals surface area contributed by atoms with Crippen molar-refractivity contribution in [2.75, 3.05) is 0 Å². The maximum absolute atomic E-state index is 13.8. The molecule has 2 atom stereocenters. The molecule has 5 nitrogen and oxygen atoms in total. The number of hydrogen-bond acceptors (Lipinski definition) is 4. The normalized spacial score (nSPS) is 14.3. The van der Waals surface area contributed by atoms with E-state index in [-0.39, 0.29) is 12.0 Å². The molecule has 2 rings (SSSR count). The minimum Gasteiger partial charge on any atom is -0.347 e. The van der Waals surface area contributed by atoms with Crippen molar-refractivity contribution in [1.82, 2.24) is 10.0 Å². The summed E-state index contributed by atoms with van der Waals surface area (Å²) in [4.78, 5) is 13.1. The van der Waals surface area contributed by atoms with Crippen LogP contribution in [0.1, 0.15) is 31.7 Å². The highest BCUT2D eigenvalue weighted by Gasteiger charge is 2.30. The van der Waals surface area contributed by atoms with Gasteiger partial charge in [0.2, 0.25) is 15.9 Å². The summed E-state index contributed by atoms with van der Waals surface area (Å²) in [6.45, 7) is 5.28. The van der Waals surface area contributed by atoms with Gasteiger partial charge in [-0.3, -0.25) is 4.79 Å². The molecule has 1 amide bonds. The SMILES string of the molecule is CC(NC(=O)[C@@H](NS(=O)(=O)c1ccccc1F)C(C)C)c1cccs1. The lowest BCUT2D eigenvalue weighted by Crippen LogP contribution is -2.50. The summed E-state index contributed by atoms with van der Waals surface area (Å²) in [5, 5.41) is 4.70. The summed E-state index contributed by atoms with van der Waals surface area (Å²) in [7, 11) is -4.15. The van der Waals surface area contributed by atoms with E-state index in [1.165, 1.54) is 29.5 Å². The molecule has 0 aliphatic heterocycles. The van der Waals surface area contributed by atoms with Gasteiger partial charge in [0.15, 0.2) is 0 Å². The van der Waals surface area contributed by atoms with Crippen LogP contribution in [0, 0.1) is 11.7 Å². The molecule has 1 aromatic carbocycles. The Kier molecular flexibility index (Phi) is 6.31. The van der Waals surface area contributed by atoms with E-state index in [4.69, 9.17) is 0 Å². The lowest BCUT2D eigenvalue weighted by atomic mass is 10.0. The van der Waals surface area contributed by atoms with Crippen molar-refractivity contribution in [3.8, 4) is 0 Å². The molecule has 2 N–H and O–H groups in total. The Labute approximate surface area is 151 Å². The van der Waals surface area contributed by atoms with Gasteiger partial charge >= 0.3 is 0 Å². The fourth-order valence-corrected chi connectivity index (χ4v) is 4.46. The fourth-order valence-electron chi connectivity index (χ4n) is 2.30. The Bertz CT molecular complexity index is 820. The number of thiophene rings is 1. The number of rotatable bonds is 7. The van der Waals surface area contributed by atoms with Crippen molar-refractivity contribution >= 4 is 27.3 Å². The van der Waals surface area contributed by atoms with Gasteiger partial charge in [-0.2, -0.15) is 4.72 Å². The summed E-state index contributed by atoms with van der Waals surface area (Å²) >= 11 is 1.50. The van der Waals surface area contributed by atoms with Crippen LogP contribution in [0.4, 0.5) is 4.39 Å². The molecule has 0 radical (unpaired) electrons. The van der Waals surface area contributed by atoms with E-state index in [0.29, 0.717) is 0 Å². The Morgan fingerprint density at radius 2 is 1.80 bits per heavy atom. The van der Waals surface area contributed by atoms with Gasteiger partial charge in [-0.1, -0.05) is 32.0 Å². The molecule has 0 aliphatic rings. The van der Waals surface area contributed by atoms with E-state index in [1.807, 2.05) is 24.4 Å². The molecule has 0 bridgehead atoms. The molecule has 1 aromatic heterocycles. The molecule has 0 saturated carbocycles.